The third-order valence-electron chi connectivity index (χ3n) is 2.83. The molecule has 0 aliphatic carbocycles. The van der Waals surface area contributed by atoms with Gasteiger partial charge in [0.15, 0.2) is 0 Å². The quantitative estimate of drug-likeness (QED) is 0.596. The predicted molar refractivity (Wildman–Crippen MR) is 46.0 cm³/mol. The first-order chi connectivity index (χ1) is 6.31. The minimum atomic E-state index is -0.169. The molecule has 4 nitrogen and oxygen atoms in total. The molecule has 0 aromatic carbocycles. The van der Waals surface area contributed by atoms with E-state index in [1.54, 1.807) is 0 Å². The van der Waals surface area contributed by atoms with Crippen molar-refractivity contribution in [3.63, 3.8) is 0 Å². The second kappa shape index (κ2) is 3.64. The number of hydrogen-bond acceptors (Lipinski definition) is 4. The Morgan fingerprint density at radius 1 is 1.62 bits per heavy atom. The first-order valence-electron chi connectivity index (χ1n) is 4.76. The van der Waals surface area contributed by atoms with E-state index in [1.807, 2.05) is 0 Å². The fourth-order valence-corrected chi connectivity index (χ4v) is 2.14. The summed E-state index contributed by atoms with van der Waals surface area (Å²) in [5, 5.41) is 3.15. The maximum Gasteiger partial charge on any atom is 0.322 e. The van der Waals surface area contributed by atoms with Crippen LogP contribution < -0.4 is 5.32 Å². The van der Waals surface area contributed by atoms with Crippen LogP contribution in [0.25, 0.3) is 0 Å². The topological polar surface area (TPSA) is 47.6 Å². The maximum absolute atomic E-state index is 11.2. The SMILES string of the molecule is COC(=O)C1CC2CCCOC2N1. The van der Waals surface area contributed by atoms with Crippen molar-refractivity contribution in [3.05, 3.63) is 0 Å². The minimum Gasteiger partial charge on any atom is -0.468 e. The summed E-state index contributed by atoms with van der Waals surface area (Å²) in [7, 11) is 1.42. The van der Waals surface area contributed by atoms with Gasteiger partial charge < -0.3 is 9.47 Å². The molecule has 0 aromatic heterocycles. The van der Waals surface area contributed by atoms with Crippen molar-refractivity contribution < 1.29 is 14.3 Å². The van der Waals surface area contributed by atoms with Gasteiger partial charge in [-0.3, -0.25) is 10.1 Å². The van der Waals surface area contributed by atoms with Crippen LogP contribution >= 0.6 is 0 Å². The van der Waals surface area contributed by atoms with Gasteiger partial charge >= 0.3 is 5.97 Å². The lowest BCUT2D eigenvalue weighted by Gasteiger charge is -2.24. The highest BCUT2D eigenvalue weighted by Crippen LogP contribution is 2.29. The first-order valence-corrected chi connectivity index (χ1v) is 4.76. The molecule has 0 radical (unpaired) electrons. The van der Waals surface area contributed by atoms with Crippen molar-refractivity contribution in [2.45, 2.75) is 31.5 Å². The Labute approximate surface area is 77.6 Å². The van der Waals surface area contributed by atoms with Crippen molar-refractivity contribution in [1.29, 1.82) is 0 Å². The van der Waals surface area contributed by atoms with Gasteiger partial charge in [0.05, 0.1) is 7.11 Å². The van der Waals surface area contributed by atoms with E-state index in [2.05, 4.69) is 10.1 Å². The number of fused-ring (bicyclic) bond motifs is 1. The molecule has 0 spiro atoms. The molecular formula is C9H15NO3. The summed E-state index contributed by atoms with van der Waals surface area (Å²) >= 11 is 0. The standard InChI is InChI=1S/C9H15NO3/c1-12-9(11)7-5-6-3-2-4-13-8(6)10-7/h6-8,10H,2-5H2,1H3. The summed E-state index contributed by atoms with van der Waals surface area (Å²) in [6, 6.07) is -0.155. The van der Waals surface area contributed by atoms with Crippen LogP contribution in [-0.2, 0) is 14.3 Å². The lowest BCUT2D eigenvalue weighted by Crippen LogP contribution is -2.39. The zero-order valence-corrected chi connectivity index (χ0v) is 7.79. The van der Waals surface area contributed by atoms with Crippen LogP contribution in [0.2, 0.25) is 0 Å². The number of hydrogen-bond donors (Lipinski definition) is 1. The molecule has 3 unspecified atom stereocenters. The molecule has 0 amide bonds. The van der Waals surface area contributed by atoms with E-state index in [0.29, 0.717) is 5.92 Å². The van der Waals surface area contributed by atoms with E-state index in [4.69, 9.17) is 4.74 Å². The molecule has 2 aliphatic heterocycles. The molecule has 3 atom stereocenters. The molecule has 1 N–H and O–H groups in total. The van der Waals surface area contributed by atoms with Gasteiger partial charge in [0.25, 0.3) is 0 Å². The number of rotatable bonds is 1. The number of carbonyl (C=O) groups excluding carboxylic acids is 1. The van der Waals surface area contributed by atoms with Crippen LogP contribution in [0, 0.1) is 5.92 Å². The molecular weight excluding hydrogens is 170 g/mol. The highest BCUT2D eigenvalue weighted by molar-refractivity contribution is 5.76. The highest BCUT2D eigenvalue weighted by Gasteiger charge is 2.39. The molecule has 74 valence electrons. The summed E-state index contributed by atoms with van der Waals surface area (Å²) in [6.45, 7) is 0.808. The van der Waals surface area contributed by atoms with Crippen molar-refractivity contribution in [2.24, 2.45) is 5.92 Å². The number of nitrogens with one attached hydrogen (secondary N) is 1. The Kier molecular flexibility index (Phi) is 2.51. The summed E-state index contributed by atoms with van der Waals surface area (Å²) < 4.78 is 10.2. The van der Waals surface area contributed by atoms with Gasteiger partial charge in [0.1, 0.15) is 12.3 Å². The Morgan fingerprint density at radius 2 is 2.46 bits per heavy atom. The van der Waals surface area contributed by atoms with Crippen LogP contribution in [-0.4, -0.2) is 32.0 Å². The van der Waals surface area contributed by atoms with Crippen molar-refractivity contribution in [3.8, 4) is 0 Å². The lowest BCUT2D eigenvalue weighted by atomic mass is 9.97. The van der Waals surface area contributed by atoms with Crippen LogP contribution in [0.4, 0.5) is 0 Å². The maximum atomic E-state index is 11.2. The number of ether oxygens (including phenoxy) is 2. The fraction of sp³-hybridized carbons (Fsp3) is 0.889. The summed E-state index contributed by atoms with van der Waals surface area (Å²) in [5.74, 6) is 0.329. The average Bonchev–Trinajstić information content (AvgIpc) is 2.59. The Morgan fingerprint density at radius 3 is 3.15 bits per heavy atom. The molecule has 2 heterocycles. The van der Waals surface area contributed by atoms with E-state index in [1.165, 1.54) is 7.11 Å². The third kappa shape index (κ3) is 1.69. The molecule has 2 aliphatic rings. The second-order valence-electron chi connectivity index (χ2n) is 3.67. The van der Waals surface area contributed by atoms with Gasteiger partial charge in [0.2, 0.25) is 0 Å². The second-order valence-corrected chi connectivity index (χ2v) is 3.67. The molecule has 2 fully saturated rings. The van der Waals surface area contributed by atoms with Crippen LogP contribution in [0.3, 0.4) is 0 Å². The van der Waals surface area contributed by atoms with Crippen LogP contribution in [0.1, 0.15) is 19.3 Å². The van der Waals surface area contributed by atoms with Gasteiger partial charge in [-0.1, -0.05) is 0 Å². The van der Waals surface area contributed by atoms with E-state index >= 15 is 0 Å². The zero-order chi connectivity index (χ0) is 9.26. The third-order valence-corrected chi connectivity index (χ3v) is 2.83. The minimum absolute atomic E-state index is 0.0813. The Bertz CT molecular complexity index is 193. The molecule has 0 saturated carbocycles. The zero-order valence-electron chi connectivity index (χ0n) is 7.79. The molecule has 13 heavy (non-hydrogen) atoms. The predicted octanol–water partition coefficient (Wildman–Crippen LogP) is 0.274. The molecule has 2 saturated heterocycles. The van der Waals surface area contributed by atoms with Gasteiger partial charge in [0, 0.05) is 12.5 Å². The number of methoxy groups -OCH3 is 1. The molecule has 2 rings (SSSR count). The highest BCUT2D eigenvalue weighted by atomic mass is 16.5. The van der Waals surface area contributed by atoms with Crippen molar-refractivity contribution >= 4 is 5.97 Å². The largest absolute Gasteiger partial charge is 0.468 e. The van der Waals surface area contributed by atoms with Gasteiger partial charge in [-0.25, -0.2) is 0 Å². The van der Waals surface area contributed by atoms with E-state index in [0.717, 1.165) is 25.9 Å². The smallest absolute Gasteiger partial charge is 0.322 e. The average molecular weight is 185 g/mol. The van der Waals surface area contributed by atoms with E-state index in [-0.39, 0.29) is 18.2 Å². The monoisotopic (exact) mass is 185 g/mol. The van der Waals surface area contributed by atoms with E-state index in [9.17, 15) is 4.79 Å². The fourth-order valence-electron chi connectivity index (χ4n) is 2.14. The van der Waals surface area contributed by atoms with Crippen LogP contribution in [0.5, 0.6) is 0 Å². The summed E-state index contributed by atoms with van der Waals surface area (Å²) in [4.78, 5) is 11.2. The van der Waals surface area contributed by atoms with Gasteiger partial charge in [-0.15, -0.1) is 0 Å². The van der Waals surface area contributed by atoms with Crippen molar-refractivity contribution in [2.75, 3.05) is 13.7 Å². The van der Waals surface area contributed by atoms with Gasteiger partial charge in [-0.05, 0) is 19.3 Å². The lowest BCUT2D eigenvalue weighted by molar-refractivity contribution is -0.143. The van der Waals surface area contributed by atoms with Gasteiger partial charge in [-0.2, -0.15) is 0 Å². The number of carbonyl (C=O) groups is 1. The molecule has 0 bridgehead atoms. The molecule has 0 aromatic rings. The first kappa shape index (κ1) is 8.97. The normalized spacial score (nSPS) is 38.4. The Balaban J connectivity index is 1.94. The molecule has 4 heteroatoms. The Hall–Kier alpha value is -0.610. The van der Waals surface area contributed by atoms with Crippen molar-refractivity contribution in [1.82, 2.24) is 5.32 Å². The number of esters is 1. The summed E-state index contributed by atoms with van der Waals surface area (Å²) in [5.41, 5.74) is 0. The van der Waals surface area contributed by atoms with E-state index < -0.39 is 0 Å². The van der Waals surface area contributed by atoms with Crippen LogP contribution in [0.15, 0.2) is 0 Å². The summed E-state index contributed by atoms with van der Waals surface area (Å²) in [6.07, 6.45) is 3.21.